The predicted molar refractivity (Wildman–Crippen MR) is 127 cm³/mol. The second-order valence-corrected chi connectivity index (χ2v) is 9.26. The number of ketones is 1. The van der Waals surface area contributed by atoms with Crippen molar-refractivity contribution in [3.8, 4) is 10.6 Å². The van der Waals surface area contributed by atoms with Crippen LogP contribution in [0.25, 0.3) is 10.6 Å². The number of Topliss-reactive ketones (excluding diaryl/α,β-unsaturated/α-hetero) is 1. The molecule has 0 bridgehead atoms. The largest absolute Gasteiger partial charge is 0.324 e. The molecule has 2 heterocycles. The van der Waals surface area contributed by atoms with Gasteiger partial charge in [-0.15, -0.1) is 10.2 Å². The lowest BCUT2D eigenvalue weighted by Gasteiger charge is -2.31. The van der Waals surface area contributed by atoms with Crippen molar-refractivity contribution < 1.29 is 9.59 Å². The van der Waals surface area contributed by atoms with Crippen molar-refractivity contribution >= 4 is 40.3 Å². The number of hydrogen-bond donors (Lipinski definition) is 1. The van der Waals surface area contributed by atoms with Gasteiger partial charge in [-0.2, -0.15) is 0 Å². The highest BCUT2D eigenvalue weighted by molar-refractivity contribution is 7.14. The van der Waals surface area contributed by atoms with Crippen molar-refractivity contribution in [3.63, 3.8) is 0 Å². The summed E-state index contributed by atoms with van der Waals surface area (Å²) in [6, 6.07) is 14.7. The van der Waals surface area contributed by atoms with E-state index in [-0.39, 0.29) is 18.1 Å². The molecule has 0 radical (unpaired) electrons. The molecule has 7 nitrogen and oxygen atoms in total. The summed E-state index contributed by atoms with van der Waals surface area (Å²) in [6.07, 6.45) is 0.140. The Hall–Kier alpha value is -2.65. The normalized spacial score (nSPS) is 14.9. The zero-order valence-corrected chi connectivity index (χ0v) is 19.3. The molecular formula is C23H24ClN5O2S. The number of piperazine rings is 1. The van der Waals surface area contributed by atoms with Gasteiger partial charge in [0, 0.05) is 37.3 Å². The van der Waals surface area contributed by atoms with E-state index >= 15 is 0 Å². The molecule has 1 saturated heterocycles. The van der Waals surface area contributed by atoms with Gasteiger partial charge in [0.05, 0.1) is 23.7 Å². The highest BCUT2D eigenvalue weighted by atomic mass is 35.5. The SMILES string of the molecule is CN1CCN(CC(=O)Nc2cc(C(=O)Cc3nnc(-c4ccccc4)s3)ccc2Cl)CC1. The number of aromatic nitrogens is 2. The fourth-order valence-corrected chi connectivity index (χ4v) is 4.46. The fraction of sp³-hybridized carbons (Fsp3) is 0.304. The Bertz CT molecular complexity index is 1100. The second-order valence-electron chi connectivity index (χ2n) is 7.79. The van der Waals surface area contributed by atoms with Crippen LogP contribution in [0, 0.1) is 0 Å². The third kappa shape index (κ3) is 5.77. The van der Waals surface area contributed by atoms with Gasteiger partial charge in [-0.25, -0.2) is 0 Å². The zero-order chi connectivity index (χ0) is 22.5. The van der Waals surface area contributed by atoms with E-state index in [0.717, 1.165) is 36.8 Å². The Morgan fingerprint density at radius 2 is 1.81 bits per heavy atom. The van der Waals surface area contributed by atoms with Crippen LogP contribution in [0.1, 0.15) is 15.4 Å². The molecule has 4 rings (SSSR count). The maximum Gasteiger partial charge on any atom is 0.238 e. The molecule has 2 aromatic carbocycles. The highest BCUT2D eigenvalue weighted by Crippen LogP contribution is 2.26. The van der Waals surface area contributed by atoms with Gasteiger partial charge in [0.15, 0.2) is 5.78 Å². The molecule has 0 unspecified atom stereocenters. The average Bonchev–Trinajstić information content (AvgIpc) is 3.26. The summed E-state index contributed by atoms with van der Waals surface area (Å²) in [5, 5.41) is 13.0. The van der Waals surface area contributed by atoms with Gasteiger partial charge in [0.25, 0.3) is 0 Å². The fourth-order valence-electron chi connectivity index (χ4n) is 3.46. The molecular weight excluding hydrogens is 446 g/mol. The minimum atomic E-state index is -0.141. The van der Waals surface area contributed by atoms with Crippen LogP contribution in [0.15, 0.2) is 48.5 Å². The van der Waals surface area contributed by atoms with Crippen molar-refractivity contribution in [1.82, 2.24) is 20.0 Å². The molecule has 1 fully saturated rings. The molecule has 1 amide bonds. The molecule has 0 aliphatic carbocycles. The first-order valence-corrected chi connectivity index (χ1v) is 11.6. The van der Waals surface area contributed by atoms with Crippen molar-refractivity contribution in [3.05, 3.63) is 64.1 Å². The molecule has 1 aromatic heterocycles. The van der Waals surface area contributed by atoms with Gasteiger partial charge in [0.1, 0.15) is 10.0 Å². The molecule has 1 aliphatic rings. The highest BCUT2D eigenvalue weighted by Gasteiger charge is 2.18. The number of benzene rings is 2. The van der Waals surface area contributed by atoms with Crippen LogP contribution < -0.4 is 5.32 Å². The second kappa shape index (κ2) is 10.3. The summed E-state index contributed by atoms with van der Waals surface area (Å²) < 4.78 is 0. The van der Waals surface area contributed by atoms with Crippen LogP contribution in [0.5, 0.6) is 0 Å². The third-order valence-corrected chi connectivity index (χ3v) is 6.63. The van der Waals surface area contributed by atoms with Crippen LogP contribution >= 0.6 is 22.9 Å². The zero-order valence-electron chi connectivity index (χ0n) is 17.8. The quantitative estimate of drug-likeness (QED) is 0.534. The van der Waals surface area contributed by atoms with Crippen LogP contribution in [-0.4, -0.2) is 71.5 Å². The standard InChI is InChI=1S/C23H24ClN5O2S/c1-28-9-11-29(12-10-28)15-21(31)25-19-13-17(7-8-18(19)24)20(30)14-22-26-27-23(32-22)16-5-3-2-4-6-16/h2-8,13H,9-12,14-15H2,1H3,(H,25,31). The molecule has 166 valence electrons. The molecule has 1 N–H and O–H groups in total. The third-order valence-electron chi connectivity index (χ3n) is 5.32. The van der Waals surface area contributed by atoms with Gasteiger partial charge in [-0.1, -0.05) is 53.3 Å². The minimum absolute atomic E-state index is 0.105. The summed E-state index contributed by atoms with van der Waals surface area (Å²) in [6.45, 7) is 3.88. The number of likely N-dealkylation sites (N-methyl/N-ethyl adjacent to an activating group) is 1. The van der Waals surface area contributed by atoms with Crippen molar-refractivity contribution in [2.75, 3.05) is 45.1 Å². The molecule has 9 heteroatoms. The first kappa shape index (κ1) is 22.5. The number of hydrogen-bond acceptors (Lipinski definition) is 7. The number of halogens is 1. The lowest BCUT2D eigenvalue weighted by atomic mass is 10.1. The van der Waals surface area contributed by atoms with Crippen molar-refractivity contribution in [2.45, 2.75) is 6.42 Å². The van der Waals surface area contributed by atoms with Gasteiger partial charge < -0.3 is 10.2 Å². The topological polar surface area (TPSA) is 78.4 Å². The summed E-state index contributed by atoms with van der Waals surface area (Å²) in [5.41, 5.74) is 1.89. The summed E-state index contributed by atoms with van der Waals surface area (Å²) in [7, 11) is 2.07. The van der Waals surface area contributed by atoms with Gasteiger partial charge in [-0.05, 0) is 25.2 Å². The molecule has 3 aromatic rings. The lowest BCUT2D eigenvalue weighted by molar-refractivity contribution is -0.117. The molecule has 0 saturated carbocycles. The predicted octanol–water partition coefficient (Wildman–Crippen LogP) is 3.47. The van der Waals surface area contributed by atoms with Crippen LogP contribution in [0.4, 0.5) is 5.69 Å². The smallest absolute Gasteiger partial charge is 0.238 e. The van der Waals surface area contributed by atoms with E-state index in [4.69, 9.17) is 11.6 Å². The van der Waals surface area contributed by atoms with E-state index in [1.54, 1.807) is 18.2 Å². The van der Waals surface area contributed by atoms with Crippen LogP contribution in [-0.2, 0) is 11.2 Å². The number of amides is 1. The molecule has 32 heavy (non-hydrogen) atoms. The number of carbonyl (C=O) groups is 2. The summed E-state index contributed by atoms with van der Waals surface area (Å²) >= 11 is 7.67. The maximum atomic E-state index is 12.8. The van der Waals surface area contributed by atoms with E-state index < -0.39 is 0 Å². The van der Waals surface area contributed by atoms with Gasteiger partial charge >= 0.3 is 0 Å². The van der Waals surface area contributed by atoms with E-state index in [2.05, 4.69) is 32.4 Å². The first-order valence-electron chi connectivity index (χ1n) is 10.4. The summed E-state index contributed by atoms with van der Waals surface area (Å²) in [5.74, 6) is -0.246. The maximum absolute atomic E-state index is 12.8. The number of carbonyl (C=O) groups excluding carboxylic acids is 2. The number of nitrogens with one attached hydrogen (secondary N) is 1. The Kier molecular flexibility index (Phi) is 7.26. The molecule has 0 atom stereocenters. The van der Waals surface area contributed by atoms with Crippen molar-refractivity contribution in [2.24, 2.45) is 0 Å². The Morgan fingerprint density at radius 1 is 1.06 bits per heavy atom. The van der Waals surface area contributed by atoms with Gasteiger partial charge in [-0.3, -0.25) is 14.5 Å². The number of anilines is 1. The molecule has 1 aliphatic heterocycles. The van der Waals surface area contributed by atoms with Crippen LogP contribution in [0.3, 0.4) is 0 Å². The Labute approximate surface area is 196 Å². The summed E-state index contributed by atoms with van der Waals surface area (Å²) in [4.78, 5) is 29.7. The first-order chi connectivity index (χ1) is 15.5. The van der Waals surface area contributed by atoms with E-state index in [9.17, 15) is 9.59 Å². The van der Waals surface area contributed by atoms with E-state index in [0.29, 0.717) is 27.8 Å². The Balaban J connectivity index is 1.39. The molecule has 0 spiro atoms. The average molecular weight is 470 g/mol. The number of rotatable bonds is 7. The van der Waals surface area contributed by atoms with E-state index in [1.165, 1.54) is 11.3 Å². The minimum Gasteiger partial charge on any atom is -0.324 e. The van der Waals surface area contributed by atoms with Crippen LogP contribution in [0.2, 0.25) is 5.02 Å². The van der Waals surface area contributed by atoms with E-state index in [1.807, 2.05) is 30.3 Å². The number of nitrogens with zero attached hydrogens (tertiary/aromatic N) is 4. The monoisotopic (exact) mass is 469 g/mol. The van der Waals surface area contributed by atoms with Gasteiger partial charge in [0.2, 0.25) is 5.91 Å². The lowest BCUT2D eigenvalue weighted by Crippen LogP contribution is -2.47. The Morgan fingerprint density at radius 3 is 2.56 bits per heavy atom. The van der Waals surface area contributed by atoms with Crippen molar-refractivity contribution in [1.29, 1.82) is 0 Å².